The van der Waals surface area contributed by atoms with Gasteiger partial charge in [-0.25, -0.2) is 4.98 Å². The van der Waals surface area contributed by atoms with E-state index in [1.807, 2.05) is 0 Å². The highest BCUT2D eigenvalue weighted by Crippen LogP contribution is 2.22. The van der Waals surface area contributed by atoms with Crippen LogP contribution < -0.4 is 11.1 Å². The Morgan fingerprint density at radius 2 is 2.00 bits per heavy atom. The number of aromatic nitrogens is 1. The Hall–Kier alpha value is -1.33. The van der Waals surface area contributed by atoms with Gasteiger partial charge in [-0.15, -0.1) is 0 Å². The SMILES string of the molecule is CN(C)C1CCC(NC(=O)c2nc(Cl)ccc2N)CC1. The molecule has 1 aromatic heterocycles. The molecule has 110 valence electrons. The molecule has 0 spiro atoms. The molecule has 0 atom stereocenters. The van der Waals surface area contributed by atoms with Crippen molar-refractivity contribution >= 4 is 23.2 Å². The number of carbonyl (C=O) groups excluding carboxylic acids is 1. The van der Waals surface area contributed by atoms with Crippen LogP contribution in [-0.2, 0) is 0 Å². The van der Waals surface area contributed by atoms with E-state index in [-0.39, 0.29) is 22.8 Å². The highest BCUT2D eigenvalue weighted by Gasteiger charge is 2.24. The second-order valence-electron chi connectivity index (χ2n) is 5.51. The molecule has 1 fully saturated rings. The van der Waals surface area contributed by atoms with Gasteiger partial charge in [0.15, 0.2) is 5.69 Å². The van der Waals surface area contributed by atoms with Crippen molar-refractivity contribution in [1.29, 1.82) is 0 Å². The molecule has 3 N–H and O–H groups in total. The molecule has 0 saturated heterocycles. The van der Waals surface area contributed by atoms with Crippen LogP contribution in [0.15, 0.2) is 12.1 Å². The number of hydrogen-bond acceptors (Lipinski definition) is 4. The van der Waals surface area contributed by atoms with Crippen LogP contribution in [0.5, 0.6) is 0 Å². The Morgan fingerprint density at radius 3 is 2.60 bits per heavy atom. The molecule has 1 aliphatic rings. The number of nitrogen functional groups attached to an aromatic ring is 1. The normalized spacial score (nSPS) is 22.8. The maximum Gasteiger partial charge on any atom is 0.272 e. The quantitative estimate of drug-likeness (QED) is 0.836. The molecule has 5 nitrogen and oxygen atoms in total. The summed E-state index contributed by atoms with van der Waals surface area (Å²) < 4.78 is 0. The third-order valence-corrected chi connectivity index (χ3v) is 4.08. The topological polar surface area (TPSA) is 71.2 Å². The van der Waals surface area contributed by atoms with Gasteiger partial charge in [-0.2, -0.15) is 0 Å². The van der Waals surface area contributed by atoms with E-state index in [2.05, 4.69) is 29.3 Å². The number of nitrogens with zero attached hydrogens (tertiary/aromatic N) is 2. The number of halogens is 1. The van der Waals surface area contributed by atoms with Gasteiger partial charge < -0.3 is 16.0 Å². The minimum Gasteiger partial charge on any atom is -0.397 e. The van der Waals surface area contributed by atoms with Crippen molar-refractivity contribution in [2.75, 3.05) is 19.8 Å². The van der Waals surface area contributed by atoms with Gasteiger partial charge in [0.05, 0.1) is 5.69 Å². The molecule has 0 radical (unpaired) electrons. The smallest absolute Gasteiger partial charge is 0.272 e. The maximum absolute atomic E-state index is 12.2. The summed E-state index contributed by atoms with van der Waals surface area (Å²) in [7, 11) is 4.19. The first kappa shape index (κ1) is 15.1. The fraction of sp³-hybridized carbons (Fsp3) is 0.571. The zero-order valence-corrected chi connectivity index (χ0v) is 12.7. The molecule has 1 amide bonds. The molecule has 0 aromatic carbocycles. The Bertz CT molecular complexity index is 484. The minimum atomic E-state index is -0.238. The molecular formula is C14H21ClN4O. The van der Waals surface area contributed by atoms with Crippen LogP contribution in [0.1, 0.15) is 36.2 Å². The van der Waals surface area contributed by atoms with Crippen LogP contribution in [0.3, 0.4) is 0 Å². The van der Waals surface area contributed by atoms with E-state index in [0.717, 1.165) is 25.7 Å². The summed E-state index contributed by atoms with van der Waals surface area (Å²) in [6, 6.07) is 3.99. The van der Waals surface area contributed by atoms with Gasteiger partial charge in [0.2, 0.25) is 0 Å². The fourth-order valence-electron chi connectivity index (χ4n) is 2.62. The van der Waals surface area contributed by atoms with Gasteiger partial charge in [0.1, 0.15) is 5.15 Å². The number of pyridine rings is 1. The molecule has 1 aromatic rings. The number of hydrogen-bond donors (Lipinski definition) is 2. The van der Waals surface area contributed by atoms with E-state index in [9.17, 15) is 4.79 Å². The van der Waals surface area contributed by atoms with Gasteiger partial charge in [0, 0.05) is 12.1 Å². The molecule has 0 aliphatic heterocycles. The Labute approximate surface area is 124 Å². The molecular weight excluding hydrogens is 276 g/mol. The van der Waals surface area contributed by atoms with Gasteiger partial charge in [-0.05, 0) is 51.9 Å². The van der Waals surface area contributed by atoms with Crippen LogP contribution in [0.4, 0.5) is 5.69 Å². The second-order valence-corrected chi connectivity index (χ2v) is 5.90. The van der Waals surface area contributed by atoms with Crippen molar-refractivity contribution in [1.82, 2.24) is 15.2 Å². The maximum atomic E-state index is 12.2. The lowest BCUT2D eigenvalue weighted by atomic mass is 9.90. The number of nitrogens with two attached hydrogens (primary N) is 1. The van der Waals surface area contributed by atoms with Crippen molar-refractivity contribution < 1.29 is 4.79 Å². The van der Waals surface area contributed by atoms with Crippen molar-refractivity contribution in [2.45, 2.75) is 37.8 Å². The number of nitrogens with one attached hydrogen (secondary N) is 1. The van der Waals surface area contributed by atoms with Crippen LogP contribution in [-0.4, -0.2) is 42.0 Å². The molecule has 1 saturated carbocycles. The Morgan fingerprint density at radius 1 is 1.35 bits per heavy atom. The minimum absolute atomic E-state index is 0.193. The Kier molecular flexibility index (Phi) is 4.83. The zero-order chi connectivity index (χ0) is 14.7. The molecule has 6 heteroatoms. The zero-order valence-electron chi connectivity index (χ0n) is 11.9. The summed E-state index contributed by atoms with van der Waals surface area (Å²) in [5.41, 5.74) is 6.34. The number of rotatable bonds is 3. The molecule has 1 heterocycles. The summed E-state index contributed by atoms with van der Waals surface area (Å²) in [4.78, 5) is 18.4. The van der Waals surface area contributed by atoms with E-state index in [0.29, 0.717) is 11.7 Å². The number of anilines is 1. The van der Waals surface area contributed by atoms with E-state index < -0.39 is 0 Å². The highest BCUT2D eigenvalue weighted by molar-refractivity contribution is 6.29. The van der Waals surface area contributed by atoms with E-state index >= 15 is 0 Å². The molecule has 2 rings (SSSR count). The lowest BCUT2D eigenvalue weighted by Gasteiger charge is -2.32. The summed E-state index contributed by atoms with van der Waals surface area (Å²) >= 11 is 5.81. The van der Waals surface area contributed by atoms with Crippen molar-refractivity contribution in [2.24, 2.45) is 0 Å². The Balaban J connectivity index is 1.94. The summed E-state index contributed by atoms with van der Waals surface area (Å²) in [6.07, 6.45) is 4.15. The average molecular weight is 297 g/mol. The predicted octanol–water partition coefficient (Wildman–Crippen LogP) is 1.92. The first-order valence-electron chi connectivity index (χ1n) is 6.86. The predicted molar refractivity (Wildman–Crippen MR) is 80.9 cm³/mol. The molecule has 1 aliphatic carbocycles. The number of amides is 1. The van der Waals surface area contributed by atoms with Gasteiger partial charge in [0.25, 0.3) is 5.91 Å². The van der Waals surface area contributed by atoms with E-state index in [4.69, 9.17) is 17.3 Å². The summed E-state index contributed by atoms with van der Waals surface area (Å²) in [5, 5.41) is 3.28. The van der Waals surface area contributed by atoms with Gasteiger partial charge in [-0.3, -0.25) is 4.79 Å². The highest BCUT2D eigenvalue weighted by atomic mass is 35.5. The molecule has 0 unspecified atom stereocenters. The first-order chi connectivity index (χ1) is 9.47. The van der Waals surface area contributed by atoms with Crippen molar-refractivity contribution in [3.8, 4) is 0 Å². The summed E-state index contributed by atoms with van der Waals surface area (Å²) in [5.74, 6) is -0.238. The molecule has 20 heavy (non-hydrogen) atoms. The summed E-state index contributed by atoms with van der Waals surface area (Å²) in [6.45, 7) is 0. The standard InChI is InChI=1S/C14H21ClN4O/c1-19(2)10-5-3-9(4-6-10)17-14(20)13-11(16)7-8-12(15)18-13/h7-10H,3-6,16H2,1-2H3,(H,17,20). The van der Waals surface area contributed by atoms with Crippen LogP contribution >= 0.6 is 11.6 Å². The van der Waals surface area contributed by atoms with E-state index in [1.165, 1.54) is 0 Å². The van der Waals surface area contributed by atoms with Crippen LogP contribution in [0.25, 0.3) is 0 Å². The third-order valence-electron chi connectivity index (χ3n) is 3.87. The van der Waals surface area contributed by atoms with E-state index in [1.54, 1.807) is 12.1 Å². The van der Waals surface area contributed by atoms with Crippen LogP contribution in [0, 0.1) is 0 Å². The van der Waals surface area contributed by atoms with Crippen molar-refractivity contribution in [3.63, 3.8) is 0 Å². The lowest BCUT2D eigenvalue weighted by molar-refractivity contribution is 0.0912. The lowest BCUT2D eigenvalue weighted by Crippen LogP contribution is -2.42. The molecule has 0 bridgehead atoms. The largest absolute Gasteiger partial charge is 0.397 e. The fourth-order valence-corrected chi connectivity index (χ4v) is 2.77. The number of carbonyl (C=O) groups is 1. The average Bonchev–Trinajstić information content (AvgIpc) is 2.42. The first-order valence-corrected chi connectivity index (χ1v) is 7.24. The third kappa shape index (κ3) is 3.61. The van der Waals surface area contributed by atoms with Gasteiger partial charge >= 0.3 is 0 Å². The van der Waals surface area contributed by atoms with Crippen LogP contribution in [0.2, 0.25) is 5.15 Å². The monoisotopic (exact) mass is 296 g/mol. The second kappa shape index (κ2) is 6.41. The van der Waals surface area contributed by atoms with Gasteiger partial charge in [-0.1, -0.05) is 11.6 Å². The van der Waals surface area contributed by atoms with Crippen molar-refractivity contribution in [3.05, 3.63) is 23.0 Å².